The summed E-state index contributed by atoms with van der Waals surface area (Å²) in [7, 11) is 1.64. The molecule has 0 bridgehead atoms. The van der Waals surface area contributed by atoms with E-state index in [2.05, 4.69) is 5.32 Å². The van der Waals surface area contributed by atoms with Crippen LogP contribution in [0.3, 0.4) is 0 Å². The number of benzene rings is 2. The van der Waals surface area contributed by atoms with Gasteiger partial charge in [0.2, 0.25) is 5.91 Å². The van der Waals surface area contributed by atoms with Crippen LogP contribution in [0.2, 0.25) is 10.0 Å². The van der Waals surface area contributed by atoms with E-state index in [0.717, 1.165) is 22.6 Å². The molecule has 2 aromatic carbocycles. The average Bonchev–Trinajstić information content (AvgIpc) is 2.56. The Kier molecular flexibility index (Phi) is 7.09. The highest BCUT2D eigenvalue weighted by molar-refractivity contribution is 8.00. The lowest BCUT2D eigenvalue weighted by Gasteiger charge is -2.09. The van der Waals surface area contributed by atoms with Crippen LogP contribution < -0.4 is 10.1 Å². The summed E-state index contributed by atoms with van der Waals surface area (Å²) in [6, 6.07) is 13.0. The van der Waals surface area contributed by atoms with Gasteiger partial charge < -0.3 is 10.1 Å². The van der Waals surface area contributed by atoms with Crippen molar-refractivity contribution < 1.29 is 9.53 Å². The highest BCUT2D eigenvalue weighted by Crippen LogP contribution is 2.29. The summed E-state index contributed by atoms with van der Waals surface area (Å²) in [6.07, 6.45) is 0.721. The Balaban J connectivity index is 1.78. The van der Waals surface area contributed by atoms with E-state index in [4.69, 9.17) is 27.9 Å². The topological polar surface area (TPSA) is 38.3 Å². The third-order valence-corrected chi connectivity index (χ3v) is 4.89. The molecule has 0 fully saturated rings. The number of hydrogen-bond acceptors (Lipinski definition) is 3. The van der Waals surface area contributed by atoms with Crippen LogP contribution in [0.25, 0.3) is 0 Å². The smallest absolute Gasteiger partial charge is 0.230 e. The molecule has 0 heterocycles. The highest BCUT2D eigenvalue weighted by atomic mass is 35.5. The molecule has 6 heteroatoms. The molecule has 2 aromatic rings. The van der Waals surface area contributed by atoms with E-state index < -0.39 is 0 Å². The van der Waals surface area contributed by atoms with Crippen molar-refractivity contribution in [2.45, 2.75) is 11.3 Å². The number of amides is 1. The number of rotatable bonds is 7. The minimum Gasteiger partial charge on any atom is -0.496 e. The maximum absolute atomic E-state index is 11.9. The summed E-state index contributed by atoms with van der Waals surface area (Å²) >= 11 is 13.4. The van der Waals surface area contributed by atoms with Gasteiger partial charge in [-0.05, 0) is 36.2 Å². The minimum absolute atomic E-state index is 0.0408. The first-order valence-electron chi connectivity index (χ1n) is 7.06. The predicted octanol–water partition coefficient (Wildman–Crippen LogP) is 4.45. The van der Waals surface area contributed by atoms with Gasteiger partial charge in [-0.2, -0.15) is 0 Å². The van der Waals surface area contributed by atoms with Gasteiger partial charge >= 0.3 is 0 Å². The zero-order valence-electron chi connectivity index (χ0n) is 12.6. The SMILES string of the molecule is COc1ccccc1CCNC(=O)CSc1cc(Cl)ccc1Cl. The first kappa shape index (κ1) is 18.0. The lowest BCUT2D eigenvalue weighted by atomic mass is 10.1. The molecular weight excluding hydrogens is 353 g/mol. The van der Waals surface area contributed by atoms with Gasteiger partial charge in [-0.15, -0.1) is 11.8 Å². The summed E-state index contributed by atoms with van der Waals surface area (Å²) in [4.78, 5) is 12.7. The van der Waals surface area contributed by atoms with Gasteiger partial charge in [0, 0.05) is 16.5 Å². The van der Waals surface area contributed by atoms with Gasteiger partial charge in [-0.1, -0.05) is 41.4 Å². The maximum Gasteiger partial charge on any atom is 0.230 e. The van der Waals surface area contributed by atoms with Crippen LogP contribution in [-0.4, -0.2) is 25.3 Å². The molecule has 23 heavy (non-hydrogen) atoms. The largest absolute Gasteiger partial charge is 0.496 e. The second-order valence-electron chi connectivity index (χ2n) is 4.78. The summed E-state index contributed by atoms with van der Waals surface area (Å²) in [5, 5.41) is 4.10. The Morgan fingerprint density at radius 2 is 2.00 bits per heavy atom. The quantitative estimate of drug-likeness (QED) is 0.732. The van der Waals surface area contributed by atoms with Gasteiger partial charge in [-0.25, -0.2) is 0 Å². The molecule has 0 aromatic heterocycles. The minimum atomic E-state index is -0.0408. The maximum atomic E-state index is 11.9. The summed E-state index contributed by atoms with van der Waals surface area (Å²) < 4.78 is 5.29. The second kappa shape index (κ2) is 9.06. The molecule has 1 amide bonds. The van der Waals surface area contributed by atoms with Crippen molar-refractivity contribution in [3.05, 3.63) is 58.1 Å². The van der Waals surface area contributed by atoms with Crippen LogP contribution in [0.5, 0.6) is 5.75 Å². The van der Waals surface area contributed by atoms with E-state index in [1.54, 1.807) is 25.3 Å². The van der Waals surface area contributed by atoms with E-state index in [0.29, 0.717) is 22.3 Å². The number of halogens is 2. The standard InChI is InChI=1S/C17H17Cl2NO2S/c1-22-15-5-3-2-4-12(15)8-9-20-17(21)11-23-16-10-13(18)6-7-14(16)19/h2-7,10H,8-9,11H2,1H3,(H,20,21). The van der Waals surface area contributed by atoms with Crippen LogP contribution >= 0.6 is 35.0 Å². The van der Waals surface area contributed by atoms with Crippen molar-refractivity contribution in [1.82, 2.24) is 5.32 Å². The Morgan fingerprint density at radius 3 is 2.78 bits per heavy atom. The molecule has 0 saturated heterocycles. The molecule has 0 spiro atoms. The average molecular weight is 370 g/mol. The van der Waals surface area contributed by atoms with E-state index in [9.17, 15) is 4.79 Å². The molecule has 0 aliphatic rings. The fraction of sp³-hybridized carbons (Fsp3) is 0.235. The van der Waals surface area contributed by atoms with Crippen molar-refractivity contribution in [2.75, 3.05) is 19.4 Å². The number of hydrogen-bond donors (Lipinski definition) is 1. The number of nitrogens with one attached hydrogen (secondary N) is 1. The molecule has 0 aliphatic heterocycles. The van der Waals surface area contributed by atoms with Crippen LogP contribution in [0.1, 0.15) is 5.56 Å². The van der Waals surface area contributed by atoms with E-state index in [-0.39, 0.29) is 5.91 Å². The number of thioether (sulfide) groups is 1. The third kappa shape index (κ3) is 5.65. The van der Waals surface area contributed by atoms with E-state index >= 15 is 0 Å². The monoisotopic (exact) mass is 369 g/mol. The molecule has 1 N–H and O–H groups in total. The number of carbonyl (C=O) groups is 1. The predicted molar refractivity (Wildman–Crippen MR) is 96.9 cm³/mol. The van der Waals surface area contributed by atoms with Crippen LogP contribution in [-0.2, 0) is 11.2 Å². The van der Waals surface area contributed by atoms with Crippen molar-refractivity contribution in [2.24, 2.45) is 0 Å². The van der Waals surface area contributed by atoms with Gasteiger partial charge in [0.1, 0.15) is 5.75 Å². The highest BCUT2D eigenvalue weighted by Gasteiger charge is 2.07. The normalized spacial score (nSPS) is 10.4. The molecule has 0 radical (unpaired) electrons. The lowest BCUT2D eigenvalue weighted by Crippen LogP contribution is -2.27. The van der Waals surface area contributed by atoms with Gasteiger partial charge in [0.05, 0.1) is 17.9 Å². The Bertz CT molecular complexity index is 679. The summed E-state index contributed by atoms with van der Waals surface area (Å²) in [6.45, 7) is 0.559. The first-order valence-corrected chi connectivity index (χ1v) is 8.80. The van der Waals surface area contributed by atoms with Crippen molar-refractivity contribution in [3.8, 4) is 5.75 Å². The lowest BCUT2D eigenvalue weighted by molar-refractivity contribution is -0.118. The molecule has 0 unspecified atom stereocenters. The van der Waals surface area contributed by atoms with Crippen molar-refractivity contribution >= 4 is 40.9 Å². The zero-order chi connectivity index (χ0) is 16.7. The molecular formula is C17H17Cl2NO2S. The molecule has 0 aliphatic carbocycles. The zero-order valence-corrected chi connectivity index (χ0v) is 15.0. The first-order chi connectivity index (χ1) is 11.1. The van der Waals surface area contributed by atoms with Crippen LogP contribution in [0.4, 0.5) is 0 Å². The number of ether oxygens (including phenoxy) is 1. The van der Waals surface area contributed by atoms with E-state index in [1.165, 1.54) is 11.8 Å². The Morgan fingerprint density at radius 1 is 1.22 bits per heavy atom. The third-order valence-electron chi connectivity index (χ3n) is 3.16. The molecule has 0 atom stereocenters. The molecule has 2 rings (SSSR count). The van der Waals surface area contributed by atoms with Crippen molar-refractivity contribution in [3.63, 3.8) is 0 Å². The Hall–Kier alpha value is -1.36. The number of para-hydroxylation sites is 1. The van der Waals surface area contributed by atoms with Gasteiger partial charge in [0.15, 0.2) is 0 Å². The Labute approximate surface area is 150 Å². The van der Waals surface area contributed by atoms with Crippen molar-refractivity contribution in [1.29, 1.82) is 0 Å². The summed E-state index contributed by atoms with van der Waals surface area (Å²) in [5.74, 6) is 1.09. The second-order valence-corrected chi connectivity index (χ2v) is 6.64. The fourth-order valence-electron chi connectivity index (χ4n) is 2.03. The molecule has 122 valence electrons. The van der Waals surface area contributed by atoms with Crippen LogP contribution in [0.15, 0.2) is 47.4 Å². The van der Waals surface area contributed by atoms with Gasteiger partial charge in [-0.3, -0.25) is 4.79 Å². The molecule has 0 saturated carbocycles. The fourth-order valence-corrected chi connectivity index (χ4v) is 3.35. The number of methoxy groups -OCH3 is 1. The van der Waals surface area contributed by atoms with E-state index in [1.807, 2.05) is 24.3 Å². The summed E-state index contributed by atoms with van der Waals surface area (Å²) in [5.41, 5.74) is 1.07. The van der Waals surface area contributed by atoms with Gasteiger partial charge in [0.25, 0.3) is 0 Å². The van der Waals surface area contributed by atoms with Crippen LogP contribution in [0, 0.1) is 0 Å². The molecule has 3 nitrogen and oxygen atoms in total. The number of carbonyl (C=O) groups excluding carboxylic acids is 1.